The van der Waals surface area contributed by atoms with Crippen molar-refractivity contribution in [2.75, 3.05) is 26.2 Å². The molecular weight excluding hydrogens is 431 g/mol. The van der Waals surface area contributed by atoms with Gasteiger partial charge in [-0.25, -0.2) is 12.8 Å². The molecule has 0 aromatic heterocycles. The molecule has 2 N–H and O–H groups in total. The van der Waals surface area contributed by atoms with E-state index in [0.29, 0.717) is 25.2 Å². The Kier molecular flexibility index (Phi) is 6.34. The van der Waals surface area contributed by atoms with Gasteiger partial charge in [0.25, 0.3) is 0 Å². The van der Waals surface area contributed by atoms with E-state index in [2.05, 4.69) is 0 Å². The fraction of sp³-hybridized carbons (Fsp3) is 0.429. The van der Waals surface area contributed by atoms with Crippen LogP contribution in [0.25, 0.3) is 0 Å². The highest BCUT2D eigenvalue weighted by molar-refractivity contribution is 7.89. The van der Waals surface area contributed by atoms with Crippen molar-refractivity contribution in [1.82, 2.24) is 9.21 Å². The van der Waals surface area contributed by atoms with Gasteiger partial charge in [-0.1, -0.05) is 38.4 Å². The SMILES string of the molecule is CC(C)(C)c1cc(O)c(O)c(CN2CCN(S(=O)(=O)c3ccc(F)c(Cl)c3)CC2)c1. The molecule has 1 heterocycles. The van der Waals surface area contributed by atoms with Gasteiger partial charge in [-0.3, -0.25) is 4.90 Å². The molecule has 164 valence electrons. The maximum absolute atomic E-state index is 13.4. The molecule has 0 unspecified atom stereocenters. The van der Waals surface area contributed by atoms with E-state index < -0.39 is 15.8 Å². The van der Waals surface area contributed by atoms with Crippen molar-refractivity contribution in [1.29, 1.82) is 0 Å². The number of hydrogen-bond acceptors (Lipinski definition) is 5. The highest BCUT2D eigenvalue weighted by Gasteiger charge is 2.29. The third kappa shape index (κ3) is 4.72. The number of rotatable bonds is 4. The Hall–Kier alpha value is -1.87. The van der Waals surface area contributed by atoms with Crippen LogP contribution in [0, 0.1) is 5.82 Å². The van der Waals surface area contributed by atoms with Crippen LogP contribution in [0.4, 0.5) is 4.39 Å². The maximum atomic E-state index is 13.4. The van der Waals surface area contributed by atoms with E-state index >= 15 is 0 Å². The molecule has 1 saturated heterocycles. The van der Waals surface area contributed by atoms with Crippen LogP contribution in [0.3, 0.4) is 0 Å². The molecule has 1 aliphatic heterocycles. The molecule has 1 fully saturated rings. The molecule has 0 amide bonds. The van der Waals surface area contributed by atoms with Crippen molar-refractivity contribution in [2.24, 2.45) is 0 Å². The van der Waals surface area contributed by atoms with Gasteiger partial charge >= 0.3 is 0 Å². The maximum Gasteiger partial charge on any atom is 0.243 e. The number of hydrogen-bond donors (Lipinski definition) is 2. The zero-order chi connectivity index (χ0) is 22.3. The average molecular weight is 457 g/mol. The van der Waals surface area contributed by atoms with Crippen molar-refractivity contribution in [3.63, 3.8) is 0 Å². The zero-order valence-corrected chi connectivity index (χ0v) is 18.8. The van der Waals surface area contributed by atoms with Crippen LogP contribution in [0.2, 0.25) is 5.02 Å². The highest BCUT2D eigenvalue weighted by Crippen LogP contribution is 2.36. The number of phenolic OH excluding ortho intramolecular Hbond substituents is 2. The minimum Gasteiger partial charge on any atom is -0.504 e. The predicted octanol–water partition coefficient (Wildman–Crippen LogP) is 3.69. The second kappa shape index (κ2) is 8.34. The molecule has 0 atom stereocenters. The Bertz CT molecular complexity index is 1050. The summed E-state index contributed by atoms with van der Waals surface area (Å²) in [4.78, 5) is 1.98. The Morgan fingerprint density at radius 1 is 1.07 bits per heavy atom. The minimum absolute atomic E-state index is 0.0391. The smallest absolute Gasteiger partial charge is 0.243 e. The van der Waals surface area contributed by atoms with Gasteiger partial charge in [-0.05, 0) is 35.2 Å². The van der Waals surface area contributed by atoms with Crippen molar-refractivity contribution >= 4 is 21.6 Å². The average Bonchev–Trinajstić information content (AvgIpc) is 2.67. The van der Waals surface area contributed by atoms with Crippen LogP contribution in [0.5, 0.6) is 11.5 Å². The molecular formula is C21H26ClFN2O4S. The fourth-order valence-corrected chi connectivity index (χ4v) is 5.08. The third-order valence-corrected chi connectivity index (χ3v) is 7.47. The molecule has 9 heteroatoms. The van der Waals surface area contributed by atoms with Crippen molar-refractivity contribution in [2.45, 2.75) is 37.6 Å². The first kappa shape index (κ1) is 22.8. The quantitative estimate of drug-likeness (QED) is 0.686. The second-order valence-corrected chi connectivity index (χ2v) is 10.9. The van der Waals surface area contributed by atoms with Crippen LogP contribution in [-0.2, 0) is 22.0 Å². The van der Waals surface area contributed by atoms with E-state index in [-0.39, 0.29) is 39.9 Å². The number of benzene rings is 2. The summed E-state index contributed by atoms with van der Waals surface area (Å²) >= 11 is 5.73. The standard InChI is InChI=1S/C21H26ClFN2O4S/c1-21(2,3)15-10-14(20(27)19(26)11-15)13-24-6-8-25(9-7-24)30(28,29)16-4-5-18(23)17(22)12-16/h4-5,10-12,26-27H,6-9,13H2,1-3H3. The summed E-state index contributed by atoms with van der Waals surface area (Å²) in [6, 6.07) is 6.82. The van der Waals surface area contributed by atoms with Crippen molar-refractivity contribution in [3.05, 3.63) is 52.3 Å². The topological polar surface area (TPSA) is 81.1 Å². The van der Waals surface area contributed by atoms with Gasteiger partial charge in [0, 0.05) is 38.3 Å². The molecule has 2 aromatic rings. The number of aromatic hydroxyl groups is 2. The molecule has 0 bridgehead atoms. The van der Waals surface area contributed by atoms with E-state index in [0.717, 1.165) is 17.7 Å². The lowest BCUT2D eigenvalue weighted by Gasteiger charge is -2.34. The third-order valence-electron chi connectivity index (χ3n) is 5.29. The lowest BCUT2D eigenvalue weighted by molar-refractivity contribution is 0.179. The molecule has 0 saturated carbocycles. The monoisotopic (exact) mass is 456 g/mol. The lowest BCUT2D eigenvalue weighted by atomic mass is 9.85. The summed E-state index contributed by atoms with van der Waals surface area (Å²) in [5, 5.41) is 20.1. The predicted molar refractivity (Wildman–Crippen MR) is 114 cm³/mol. The van der Waals surface area contributed by atoms with Crippen LogP contribution < -0.4 is 0 Å². The lowest BCUT2D eigenvalue weighted by Crippen LogP contribution is -2.48. The first-order valence-corrected chi connectivity index (χ1v) is 11.4. The first-order chi connectivity index (χ1) is 13.9. The first-order valence-electron chi connectivity index (χ1n) is 9.62. The molecule has 0 radical (unpaired) electrons. The van der Waals surface area contributed by atoms with Gasteiger partial charge in [0.2, 0.25) is 10.0 Å². The Labute approximate surface area is 181 Å². The summed E-state index contributed by atoms with van der Waals surface area (Å²) < 4.78 is 40.4. The number of halogens is 2. The number of piperazine rings is 1. The number of nitrogens with zero attached hydrogens (tertiary/aromatic N) is 2. The molecule has 2 aromatic carbocycles. The molecule has 3 rings (SSSR count). The molecule has 0 aliphatic carbocycles. The summed E-state index contributed by atoms with van der Waals surface area (Å²) in [5.41, 5.74) is 1.31. The number of sulfonamides is 1. The number of phenols is 2. The van der Waals surface area contributed by atoms with E-state index in [4.69, 9.17) is 11.6 Å². The van der Waals surface area contributed by atoms with Crippen LogP contribution in [-0.4, -0.2) is 54.0 Å². The fourth-order valence-electron chi connectivity index (χ4n) is 3.39. The van der Waals surface area contributed by atoms with E-state index in [9.17, 15) is 23.0 Å². The second-order valence-electron chi connectivity index (χ2n) is 8.51. The Morgan fingerprint density at radius 2 is 1.70 bits per heavy atom. The Balaban J connectivity index is 1.72. The van der Waals surface area contributed by atoms with Gasteiger partial charge in [0.1, 0.15) is 5.82 Å². The summed E-state index contributed by atoms with van der Waals surface area (Å²) in [6.45, 7) is 7.86. The normalized spacial score (nSPS) is 16.7. The van der Waals surface area contributed by atoms with E-state index in [1.165, 1.54) is 10.4 Å². The van der Waals surface area contributed by atoms with Crippen LogP contribution in [0.15, 0.2) is 35.2 Å². The molecule has 30 heavy (non-hydrogen) atoms. The van der Waals surface area contributed by atoms with Crippen molar-refractivity contribution in [3.8, 4) is 11.5 Å². The minimum atomic E-state index is -3.77. The van der Waals surface area contributed by atoms with Crippen molar-refractivity contribution < 1.29 is 23.0 Å². The zero-order valence-electron chi connectivity index (χ0n) is 17.2. The Morgan fingerprint density at radius 3 is 2.27 bits per heavy atom. The van der Waals surface area contributed by atoms with Gasteiger partial charge in [0.05, 0.1) is 9.92 Å². The molecule has 0 spiro atoms. The van der Waals surface area contributed by atoms with Gasteiger partial charge in [-0.2, -0.15) is 4.31 Å². The summed E-state index contributed by atoms with van der Waals surface area (Å²) in [6.07, 6.45) is 0. The molecule has 6 nitrogen and oxygen atoms in total. The van der Waals surface area contributed by atoms with Gasteiger partial charge in [0.15, 0.2) is 11.5 Å². The largest absolute Gasteiger partial charge is 0.504 e. The van der Waals surface area contributed by atoms with Gasteiger partial charge in [-0.15, -0.1) is 0 Å². The van der Waals surface area contributed by atoms with E-state index in [1.807, 2.05) is 31.7 Å². The van der Waals surface area contributed by atoms with E-state index in [1.54, 1.807) is 6.07 Å². The summed E-state index contributed by atoms with van der Waals surface area (Å²) in [7, 11) is -3.77. The highest BCUT2D eigenvalue weighted by atomic mass is 35.5. The van der Waals surface area contributed by atoms with Crippen LogP contribution in [0.1, 0.15) is 31.9 Å². The summed E-state index contributed by atoms with van der Waals surface area (Å²) in [5.74, 6) is -0.980. The van der Waals surface area contributed by atoms with Gasteiger partial charge < -0.3 is 10.2 Å². The molecule has 1 aliphatic rings. The van der Waals surface area contributed by atoms with Crippen LogP contribution >= 0.6 is 11.6 Å².